The van der Waals surface area contributed by atoms with E-state index in [0.29, 0.717) is 6.54 Å². The molecule has 0 saturated heterocycles. The number of nitrogens with zero attached hydrogens (tertiary/aromatic N) is 2. The Morgan fingerprint density at radius 3 is 2.75 bits per heavy atom. The van der Waals surface area contributed by atoms with Crippen LogP contribution in [0.15, 0.2) is 0 Å². The molecule has 0 aromatic carbocycles. The maximum Gasteiger partial charge on any atom is 0.237 e. The Morgan fingerprint density at radius 2 is 2.33 bits per heavy atom. The first-order chi connectivity index (χ1) is 5.63. The fourth-order valence-corrected chi connectivity index (χ4v) is 0.771. The van der Waals surface area contributed by atoms with Crippen molar-refractivity contribution in [2.24, 2.45) is 0 Å². The van der Waals surface area contributed by atoms with E-state index in [-0.39, 0.29) is 18.5 Å². The van der Waals surface area contributed by atoms with E-state index >= 15 is 0 Å². The molecule has 4 heteroatoms. The van der Waals surface area contributed by atoms with Crippen LogP contribution in [0.4, 0.5) is 0 Å². The van der Waals surface area contributed by atoms with Crippen LogP contribution in [-0.4, -0.2) is 37.0 Å². The van der Waals surface area contributed by atoms with Gasteiger partial charge in [0.1, 0.15) is 0 Å². The lowest BCUT2D eigenvalue weighted by Gasteiger charge is -2.20. The highest BCUT2D eigenvalue weighted by molar-refractivity contribution is 5.81. The Bertz CT molecular complexity index is 185. The number of amides is 1. The van der Waals surface area contributed by atoms with Crippen molar-refractivity contribution in [3.63, 3.8) is 0 Å². The smallest absolute Gasteiger partial charge is 0.237 e. The number of nitriles is 1. The Kier molecular flexibility index (Phi) is 5.06. The zero-order valence-electron chi connectivity index (χ0n) is 7.79. The fraction of sp³-hybridized carbons (Fsp3) is 0.750. The summed E-state index contributed by atoms with van der Waals surface area (Å²) in [4.78, 5) is 12.9. The second kappa shape index (κ2) is 5.56. The van der Waals surface area contributed by atoms with Crippen molar-refractivity contribution in [1.82, 2.24) is 10.2 Å². The molecular weight excluding hydrogens is 154 g/mol. The molecule has 1 N–H and O–H groups in total. The van der Waals surface area contributed by atoms with Crippen molar-refractivity contribution in [3.8, 4) is 6.07 Å². The van der Waals surface area contributed by atoms with Gasteiger partial charge in [-0.25, -0.2) is 0 Å². The molecule has 0 rings (SSSR count). The van der Waals surface area contributed by atoms with Gasteiger partial charge in [0.2, 0.25) is 5.91 Å². The average molecular weight is 169 g/mol. The molecule has 68 valence electrons. The van der Waals surface area contributed by atoms with Gasteiger partial charge in [-0.1, -0.05) is 0 Å². The summed E-state index contributed by atoms with van der Waals surface area (Å²) < 4.78 is 0. The largest absolute Gasteiger partial charge is 0.355 e. The Balaban J connectivity index is 3.92. The Hall–Kier alpha value is -1.08. The van der Waals surface area contributed by atoms with Crippen molar-refractivity contribution in [2.45, 2.75) is 19.9 Å². The minimum Gasteiger partial charge on any atom is -0.355 e. The molecule has 0 aliphatic heterocycles. The lowest BCUT2D eigenvalue weighted by molar-refractivity contribution is -0.125. The lowest BCUT2D eigenvalue weighted by atomic mass is 10.3. The van der Waals surface area contributed by atoms with Gasteiger partial charge in [-0.2, -0.15) is 5.26 Å². The molecule has 0 aliphatic rings. The maximum absolute atomic E-state index is 11.2. The summed E-state index contributed by atoms with van der Waals surface area (Å²) in [5.74, 6) is -0.0322. The summed E-state index contributed by atoms with van der Waals surface area (Å²) in [6.07, 6.45) is 0. The van der Waals surface area contributed by atoms with Gasteiger partial charge in [0, 0.05) is 6.54 Å². The topological polar surface area (TPSA) is 56.1 Å². The van der Waals surface area contributed by atoms with E-state index in [4.69, 9.17) is 5.26 Å². The van der Waals surface area contributed by atoms with Gasteiger partial charge in [0.15, 0.2) is 0 Å². The minimum absolute atomic E-state index is 0.0322. The zero-order chi connectivity index (χ0) is 9.56. The van der Waals surface area contributed by atoms with Gasteiger partial charge in [-0.3, -0.25) is 9.69 Å². The molecule has 0 saturated carbocycles. The maximum atomic E-state index is 11.2. The first kappa shape index (κ1) is 10.9. The van der Waals surface area contributed by atoms with Crippen molar-refractivity contribution in [3.05, 3.63) is 0 Å². The molecule has 0 aromatic heterocycles. The van der Waals surface area contributed by atoms with Crippen molar-refractivity contribution in [1.29, 1.82) is 5.26 Å². The van der Waals surface area contributed by atoms with E-state index in [1.807, 2.05) is 13.0 Å². The summed E-state index contributed by atoms with van der Waals surface area (Å²) in [6, 6.07) is 1.76. The third-order valence-corrected chi connectivity index (χ3v) is 1.71. The highest BCUT2D eigenvalue weighted by Gasteiger charge is 2.15. The summed E-state index contributed by atoms with van der Waals surface area (Å²) in [6.45, 7) is 4.55. The summed E-state index contributed by atoms with van der Waals surface area (Å²) in [7, 11) is 1.75. The van der Waals surface area contributed by atoms with Crippen LogP contribution >= 0.6 is 0 Å². The van der Waals surface area contributed by atoms with Crippen LogP contribution < -0.4 is 5.32 Å². The first-order valence-corrected chi connectivity index (χ1v) is 3.98. The third kappa shape index (κ3) is 3.35. The molecule has 0 spiro atoms. The number of nitrogens with one attached hydrogen (secondary N) is 1. The van der Waals surface area contributed by atoms with E-state index in [1.54, 1.807) is 18.9 Å². The fourth-order valence-electron chi connectivity index (χ4n) is 0.771. The Morgan fingerprint density at radius 1 is 1.75 bits per heavy atom. The Labute approximate surface area is 73.2 Å². The van der Waals surface area contributed by atoms with Gasteiger partial charge >= 0.3 is 0 Å². The first-order valence-electron chi connectivity index (χ1n) is 3.98. The molecular formula is C8H15N3O. The van der Waals surface area contributed by atoms with Gasteiger partial charge in [0.05, 0.1) is 18.7 Å². The van der Waals surface area contributed by atoms with Gasteiger partial charge in [-0.05, 0) is 20.9 Å². The van der Waals surface area contributed by atoms with E-state index in [0.717, 1.165) is 0 Å². The number of likely N-dealkylation sites (N-methyl/N-ethyl adjacent to an activating group) is 2. The molecule has 1 amide bonds. The second-order valence-corrected chi connectivity index (χ2v) is 2.64. The molecule has 1 unspecified atom stereocenters. The number of hydrogen-bond acceptors (Lipinski definition) is 3. The zero-order valence-corrected chi connectivity index (χ0v) is 7.79. The molecule has 0 radical (unpaired) electrons. The molecule has 0 aromatic rings. The van der Waals surface area contributed by atoms with Gasteiger partial charge in [-0.15, -0.1) is 0 Å². The summed E-state index contributed by atoms with van der Waals surface area (Å²) in [5.41, 5.74) is 0. The van der Waals surface area contributed by atoms with Crippen LogP contribution in [0.2, 0.25) is 0 Å². The van der Waals surface area contributed by atoms with Crippen LogP contribution in [0.3, 0.4) is 0 Å². The molecule has 0 heterocycles. The van der Waals surface area contributed by atoms with Crippen molar-refractivity contribution < 1.29 is 4.79 Å². The number of carbonyl (C=O) groups is 1. The van der Waals surface area contributed by atoms with Crippen LogP contribution in [-0.2, 0) is 4.79 Å². The molecule has 0 bridgehead atoms. The van der Waals surface area contributed by atoms with Crippen LogP contribution in [0, 0.1) is 11.3 Å². The van der Waals surface area contributed by atoms with Crippen LogP contribution in [0.1, 0.15) is 13.8 Å². The number of carbonyl (C=O) groups excluding carboxylic acids is 1. The summed E-state index contributed by atoms with van der Waals surface area (Å²) in [5, 5.41) is 11.1. The summed E-state index contributed by atoms with van der Waals surface area (Å²) >= 11 is 0. The molecule has 4 nitrogen and oxygen atoms in total. The van der Waals surface area contributed by atoms with E-state index in [2.05, 4.69) is 5.32 Å². The third-order valence-electron chi connectivity index (χ3n) is 1.71. The second-order valence-electron chi connectivity index (χ2n) is 2.64. The molecule has 12 heavy (non-hydrogen) atoms. The monoisotopic (exact) mass is 169 g/mol. The van der Waals surface area contributed by atoms with Crippen LogP contribution in [0.25, 0.3) is 0 Å². The van der Waals surface area contributed by atoms with Crippen molar-refractivity contribution in [2.75, 3.05) is 20.1 Å². The van der Waals surface area contributed by atoms with Gasteiger partial charge in [0.25, 0.3) is 0 Å². The normalized spacial score (nSPS) is 12.2. The molecule has 0 aliphatic carbocycles. The van der Waals surface area contributed by atoms with E-state index in [9.17, 15) is 4.79 Å². The highest BCUT2D eigenvalue weighted by atomic mass is 16.2. The van der Waals surface area contributed by atoms with E-state index < -0.39 is 0 Å². The SMILES string of the molecule is CCNC(=O)C(C)N(C)CC#N. The number of rotatable bonds is 4. The van der Waals surface area contributed by atoms with Gasteiger partial charge < -0.3 is 5.32 Å². The average Bonchev–Trinajstić information content (AvgIpc) is 2.04. The lowest BCUT2D eigenvalue weighted by Crippen LogP contribution is -2.43. The van der Waals surface area contributed by atoms with Crippen molar-refractivity contribution >= 4 is 5.91 Å². The highest BCUT2D eigenvalue weighted by Crippen LogP contribution is 1.93. The number of hydrogen-bond donors (Lipinski definition) is 1. The van der Waals surface area contributed by atoms with Crippen LogP contribution in [0.5, 0.6) is 0 Å². The quantitative estimate of drug-likeness (QED) is 0.601. The standard InChI is InChI=1S/C8H15N3O/c1-4-10-8(12)7(2)11(3)6-5-9/h7H,4,6H2,1-3H3,(H,10,12). The predicted molar refractivity (Wildman–Crippen MR) is 46.4 cm³/mol. The predicted octanol–water partition coefficient (Wildman–Crippen LogP) is -0.0336. The molecule has 1 atom stereocenters. The minimum atomic E-state index is -0.232. The molecule has 0 fully saturated rings. The van der Waals surface area contributed by atoms with E-state index in [1.165, 1.54) is 0 Å².